The fourth-order valence-corrected chi connectivity index (χ4v) is 6.10. The van der Waals surface area contributed by atoms with Gasteiger partial charge in [-0.2, -0.15) is 0 Å². The minimum atomic E-state index is -3.59. The molecule has 38 heavy (non-hydrogen) atoms. The Labute approximate surface area is 224 Å². The first kappa shape index (κ1) is 26.0. The second-order valence-corrected chi connectivity index (χ2v) is 11.4. The van der Waals surface area contributed by atoms with Crippen LogP contribution in [0.4, 0.5) is 5.82 Å². The Hall–Kier alpha value is -3.61. The number of nitrogens with zero attached hydrogens (tertiary/aromatic N) is 4. The van der Waals surface area contributed by atoms with E-state index in [-0.39, 0.29) is 30.1 Å². The van der Waals surface area contributed by atoms with Gasteiger partial charge in [0.1, 0.15) is 22.3 Å². The Morgan fingerprint density at radius 2 is 2.00 bits per heavy atom. The molecule has 0 aliphatic heterocycles. The third-order valence-corrected chi connectivity index (χ3v) is 8.01. The summed E-state index contributed by atoms with van der Waals surface area (Å²) in [6, 6.07) is 7.43. The highest BCUT2D eigenvalue weighted by atomic mass is 35.5. The van der Waals surface area contributed by atoms with Crippen molar-refractivity contribution in [2.45, 2.75) is 37.8 Å². The van der Waals surface area contributed by atoms with E-state index in [4.69, 9.17) is 11.6 Å². The summed E-state index contributed by atoms with van der Waals surface area (Å²) >= 11 is 6.36. The number of anilines is 1. The van der Waals surface area contributed by atoms with Gasteiger partial charge in [-0.3, -0.25) is 9.78 Å². The SMILES string of the molecule is O=C(NCCS(=O)(=O)NC1CCCC(Nc2cc(-c3c[nH]c4ncccc34)cc(Cl)n2)C1)c1cnccn1. The second kappa shape index (κ2) is 11.4. The van der Waals surface area contributed by atoms with Crippen LogP contribution in [0.25, 0.3) is 22.2 Å². The molecule has 4 heterocycles. The monoisotopic (exact) mass is 554 g/mol. The van der Waals surface area contributed by atoms with E-state index in [1.165, 1.54) is 18.6 Å². The van der Waals surface area contributed by atoms with E-state index in [9.17, 15) is 13.2 Å². The number of amides is 1. The Bertz CT molecular complexity index is 1530. The largest absolute Gasteiger partial charge is 0.367 e. The number of fused-ring (bicyclic) bond motifs is 1. The first-order valence-electron chi connectivity index (χ1n) is 12.3. The molecule has 0 bridgehead atoms. The Morgan fingerprint density at radius 3 is 2.84 bits per heavy atom. The van der Waals surface area contributed by atoms with Crippen LogP contribution in [-0.2, 0) is 10.0 Å². The van der Waals surface area contributed by atoms with E-state index in [1.807, 2.05) is 30.5 Å². The van der Waals surface area contributed by atoms with Crippen molar-refractivity contribution >= 4 is 44.4 Å². The summed E-state index contributed by atoms with van der Waals surface area (Å²) in [4.78, 5) is 31.8. The van der Waals surface area contributed by atoms with Gasteiger partial charge in [-0.25, -0.2) is 28.1 Å². The molecule has 0 saturated heterocycles. The van der Waals surface area contributed by atoms with Gasteiger partial charge in [-0.1, -0.05) is 11.6 Å². The lowest BCUT2D eigenvalue weighted by Gasteiger charge is -2.30. The van der Waals surface area contributed by atoms with E-state index in [1.54, 1.807) is 6.20 Å². The van der Waals surface area contributed by atoms with Gasteiger partial charge < -0.3 is 15.6 Å². The number of halogens is 1. The van der Waals surface area contributed by atoms with Crippen LogP contribution in [0.1, 0.15) is 36.2 Å². The summed E-state index contributed by atoms with van der Waals surface area (Å²) in [5.41, 5.74) is 2.81. The minimum absolute atomic E-state index is 0.0243. The highest BCUT2D eigenvalue weighted by Gasteiger charge is 2.26. The number of hydrogen-bond donors (Lipinski definition) is 4. The topological polar surface area (TPSA) is 155 Å². The van der Waals surface area contributed by atoms with Crippen molar-refractivity contribution in [1.29, 1.82) is 0 Å². The molecule has 2 atom stereocenters. The molecule has 0 spiro atoms. The molecule has 1 fully saturated rings. The number of sulfonamides is 1. The summed E-state index contributed by atoms with van der Waals surface area (Å²) in [5.74, 6) is -0.0646. The third kappa shape index (κ3) is 6.44. The van der Waals surface area contributed by atoms with Gasteiger partial charge in [0.25, 0.3) is 5.91 Å². The van der Waals surface area contributed by atoms with Crippen molar-refractivity contribution < 1.29 is 13.2 Å². The van der Waals surface area contributed by atoms with Crippen LogP contribution in [0, 0.1) is 0 Å². The number of H-pyrrole nitrogens is 1. The van der Waals surface area contributed by atoms with Crippen LogP contribution in [0.15, 0.2) is 55.2 Å². The summed E-state index contributed by atoms with van der Waals surface area (Å²) in [6.45, 7) is -0.0301. The summed E-state index contributed by atoms with van der Waals surface area (Å²) in [7, 11) is -3.59. The fourth-order valence-electron chi connectivity index (χ4n) is 4.68. The van der Waals surface area contributed by atoms with Gasteiger partial charge in [0.15, 0.2) is 0 Å². The fraction of sp³-hybridized carbons (Fsp3) is 0.320. The molecule has 0 radical (unpaired) electrons. The standard InChI is InChI=1S/C25H27ClN8O3S/c26-22-11-16(20-14-31-24-19(20)5-2-6-29-24)12-23(33-22)32-17-3-1-4-18(13-17)34-38(36,37)10-9-30-25(35)21-15-27-7-8-28-21/h2,5-8,11-12,14-15,17-18,34H,1,3-4,9-10,13H2,(H,29,31)(H,30,35)(H,32,33). The zero-order chi connectivity index (χ0) is 26.5. The smallest absolute Gasteiger partial charge is 0.271 e. The van der Waals surface area contributed by atoms with Crippen molar-refractivity contribution in [2.24, 2.45) is 0 Å². The van der Waals surface area contributed by atoms with Crippen molar-refractivity contribution in [3.05, 3.63) is 66.1 Å². The Kier molecular flexibility index (Phi) is 7.82. The van der Waals surface area contributed by atoms with Crippen LogP contribution in [0.3, 0.4) is 0 Å². The summed E-state index contributed by atoms with van der Waals surface area (Å²) in [5, 5.41) is 7.35. The van der Waals surface area contributed by atoms with Gasteiger partial charge in [0.05, 0.1) is 11.9 Å². The molecule has 198 valence electrons. The van der Waals surface area contributed by atoms with Crippen LogP contribution in [-0.4, -0.2) is 63.6 Å². The number of carbonyl (C=O) groups excluding carboxylic acids is 1. The quantitative estimate of drug-likeness (QED) is 0.230. The Balaban J connectivity index is 1.18. The predicted molar refractivity (Wildman–Crippen MR) is 145 cm³/mol. The number of aromatic nitrogens is 5. The van der Waals surface area contributed by atoms with Crippen molar-refractivity contribution in [3.8, 4) is 11.1 Å². The van der Waals surface area contributed by atoms with Crippen molar-refractivity contribution in [2.75, 3.05) is 17.6 Å². The lowest BCUT2D eigenvalue weighted by atomic mass is 9.91. The maximum Gasteiger partial charge on any atom is 0.271 e. The van der Waals surface area contributed by atoms with Crippen molar-refractivity contribution in [3.63, 3.8) is 0 Å². The average Bonchev–Trinajstić information content (AvgIpc) is 3.33. The molecular weight excluding hydrogens is 528 g/mol. The molecule has 1 amide bonds. The summed E-state index contributed by atoms with van der Waals surface area (Å²) in [6.07, 6.45) is 10.9. The van der Waals surface area contributed by atoms with E-state index in [0.717, 1.165) is 41.4 Å². The lowest BCUT2D eigenvalue weighted by Crippen LogP contribution is -2.44. The molecule has 0 aromatic carbocycles. The first-order chi connectivity index (χ1) is 18.4. The van der Waals surface area contributed by atoms with E-state index < -0.39 is 15.9 Å². The maximum absolute atomic E-state index is 12.7. The third-order valence-electron chi connectivity index (χ3n) is 6.38. The lowest BCUT2D eigenvalue weighted by molar-refractivity contribution is 0.0950. The van der Waals surface area contributed by atoms with E-state index in [0.29, 0.717) is 17.4 Å². The molecule has 4 aromatic heterocycles. The maximum atomic E-state index is 12.7. The predicted octanol–water partition coefficient (Wildman–Crippen LogP) is 3.14. The van der Waals surface area contributed by atoms with Gasteiger partial charge in [0.2, 0.25) is 10.0 Å². The Morgan fingerprint density at radius 1 is 1.13 bits per heavy atom. The van der Waals surface area contributed by atoms with Gasteiger partial charge in [-0.15, -0.1) is 0 Å². The molecule has 5 rings (SSSR count). The van der Waals surface area contributed by atoms with Crippen LogP contribution in [0.2, 0.25) is 5.15 Å². The van der Waals surface area contributed by atoms with Crippen LogP contribution < -0.4 is 15.4 Å². The van der Waals surface area contributed by atoms with Gasteiger partial charge in [0, 0.05) is 54.4 Å². The molecule has 11 nitrogen and oxygen atoms in total. The normalized spacial score (nSPS) is 17.8. The molecule has 13 heteroatoms. The molecule has 1 aliphatic rings. The molecule has 1 aliphatic carbocycles. The number of aromatic amines is 1. The summed E-state index contributed by atoms with van der Waals surface area (Å²) < 4.78 is 28.1. The highest BCUT2D eigenvalue weighted by Crippen LogP contribution is 2.31. The van der Waals surface area contributed by atoms with Gasteiger partial charge in [-0.05, 0) is 55.5 Å². The van der Waals surface area contributed by atoms with E-state index in [2.05, 4.69) is 40.3 Å². The molecule has 2 unspecified atom stereocenters. The number of rotatable bonds is 9. The second-order valence-electron chi connectivity index (χ2n) is 9.15. The number of carbonyl (C=O) groups is 1. The number of nitrogens with one attached hydrogen (secondary N) is 4. The van der Waals surface area contributed by atoms with Gasteiger partial charge >= 0.3 is 0 Å². The van der Waals surface area contributed by atoms with Crippen LogP contribution >= 0.6 is 11.6 Å². The van der Waals surface area contributed by atoms with Crippen molar-refractivity contribution in [1.82, 2.24) is 35.0 Å². The zero-order valence-electron chi connectivity index (χ0n) is 20.4. The zero-order valence-corrected chi connectivity index (χ0v) is 22.0. The number of pyridine rings is 2. The van der Waals surface area contributed by atoms with Crippen LogP contribution in [0.5, 0.6) is 0 Å². The minimum Gasteiger partial charge on any atom is -0.367 e. The molecular formula is C25H27ClN8O3S. The number of hydrogen-bond acceptors (Lipinski definition) is 8. The van der Waals surface area contributed by atoms with E-state index >= 15 is 0 Å². The molecule has 4 aromatic rings. The molecule has 1 saturated carbocycles. The molecule has 4 N–H and O–H groups in total. The highest BCUT2D eigenvalue weighted by molar-refractivity contribution is 7.89. The first-order valence-corrected chi connectivity index (χ1v) is 14.3. The average molecular weight is 555 g/mol.